The normalized spacial score (nSPS) is 18.9. The summed E-state index contributed by atoms with van der Waals surface area (Å²) >= 11 is 0. The van der Waals surface area contributed by atoms with Crippen molar-refractivity contribution in [2.75, 3.05) is 19.8 Å². The molecule has 0 aromatic heterocycles. The maximum Gasteiger partial charge on any atom is 0.105 e. The van der Waals surface area contributed by atoms with Crippen molar-refractivity contribution in [2.45, 2.75) is 12.2 Å². The van der Waals surface area contributed by atoms with Gasteiger partial charge in [0.05, 0.1) is 19.3 Å². The molecule has 1 saturated heterocycles. The molecule has 1 aliphatic rings. The molecule has 0 amide bonds. The van der Waals surface area contributed by atoms with Gasteiger partial charge in [0, 0.05) is 6.54 Å². The number of hydrogen-bond donors (Lipinski definition) is 1. The molecule has 14 heavy (non-hydrogen) atoms. The minimum Gasteiger partial charge on any atom is -0.376 e. The molecular formula is C11H15NO2. The first-order chi connectivity index (χ1) is 6.90. The van der Waals surface area contributed by atoms with Crippen LogP contribution in [0, 0.1) is 0 Å². The van der Waals surface area contributed by atoms with Gasteiger partial charge >= 0.3 is 0 Å². The van der Waals surface area contributed by atoms with Gasteiger partial charge in [-0.15, -0.1) is 0 Å². The number of hydrogen-bond acceptors (Lipinski definition) is 3. The fourth-order valence-corrected chi connectivity index (χ4v) is 1.46. The van der Waals surface area contributed by atoms with Gasteiger partial charge in [-0.3, -0.25) is 0 Å². The summed E-state index contributed by atoms with van der Waals surface area (Å²) in [6.45, 7) is 1.91. The van der Waals surface area contributed by atoms with Crippen LogP contribution in [0.25, 0.3) is 0 Å². The molecule has 0 saturated carbocycles. The standard InChI is InChI=1S/C11H15NO2/c12-6-11(14-10-7-13-8-10)9-4-2-1-3-5-9/h1-5,10-11H,6-8,12H2. The van der Waals surface area contributed by atoms with Crippen LogP contribution in [0.2, 0.25) is 0 Å². The van der Waals surface area contributed by atoms with Crippen LogP contribution in [0.3, 0.4) is 0 Å². The third kappa shape index (κ3) is 2.12. The monoisotopic (exact) mass is 193 g/mol. The smallest absolute Gasteiger partial charge is 0.105 e. The van der Waals surface area contributed by atoms with Gasteiger partial charge in [0.2, 0.25) is 0 Å². The highest BCUT2D eigenvalue weighted by Gasteiger charge is 2.23. The van der Waals surface area contributed by atoms with Crippen LogP contribution in [-0.4, -0.2) is 25.9 Å². The molecule has 0 aliphatic carbocycles. The molecule has 3 nitrogen and oxygen atoms in total. The minimum absolute atomic E-state index is 0.00472. The molecule has 2 rings (SSSR count). The molecule has 1 unspecified atom stereocenters. The summed E-state index contributed by atoms with van der Waals surface area (Å²) in [5.74, 6) is 0. The summed E-state index contributed by atoms with van der Waals surface area (Å²) in [5.41, 5.74) is 6.81. The Balaban J connectivity index is 1.98. The Bertz CT molecular complexity index is 272. The number of rotatable bonds is 4. The van der Waals surface area contributed by atoms with Crippen LogP contribution in [-0.2, 0) is 9.47 Å². The molecule has 3 heteroatoms. The largest absolute Gasteiger partial charge is 0.376 e. The van der Waals surface area contributed by atoms with Crippen LogP contribution in [0.5, 0.6) is 0 Å². The highest BCUT2D eigenvalue weighted by molar-refractivity contribution is 5.17. The molecule has 1 atom stereocenters. The fourth-order valence-electron chi connectivity index (χ4n) is 1.46. The molecule has 1 aliphatic heterocycles. The SMILES string of the molecule is NCC(OC1COC1)c1ccccc1. The number of ether oxygens (including phenoxy) is 2. The summed E-state index contributed by atoms with van der Waals surface area (Å²) in [6, 6.07) is 10.1. The topological polar surface area (TPSA) is 44.5 Å². The lowest BCUT2D eigenvalue weighted by Crippen LogP contribution is -2.38. The van der Waals surface area contributed by atoms with E-state index in [-0.39, 0.29) is 12.2 Å². The lowest BCUT2D eigenvalue weighted by Gasteiger charge is -2.30. The van der Waals surface area contributed by atoms with E-state index >= 15 is 0 Å². The van der Waals surface area contributed by atoms with Crippen LogP contribution < -0.4 is 5.73 Å². The molecule has 76 valence electrons. The number of benzene rings is 1. The van der Waals surface area contributed by atoms with E-state index in [0.717, 1.165) is 5.56 Å². The zero-order chi connectivity index (χ0) is 9.80. The van der Waals surface area contributed by atoms with E-state index < -0.39 is 0 Å². The van der Waals surface area contributed by atoms with Gasteiger partial charge in [0.1, 0.15) is 6.10 Å². The molecule has 0 radical (unpaired) electrons. The summed E-state index contributed by atoms with van der Waals surface area (Å²) in [6.07, 6.45) is 0.230. The van der Waals surface area contributed by atoms with Crippen molar-refractivity contribution in [3.05, 3.63) is 35.9 Å². The summed E-state index contributed by atoms with van der Waals surface area (Å²) in [4.78, 5) is 0. The van der Waals surface area contributed by atoms with Crippen LogP contribution in [0.15, 0.2) is 30.3 Å². The van der Waals surface area contributed by atoms with Crippen molar-refractivity contribution in [1.29, 1.82) is 0 Å². The van der Waals surface area contributed by atoms with E-state index in [4.69, 9.17) is 15.2 Å². The molecule has 2 N–H and O–H groups in total. The van der Waals surface area contributed by atoms with E-state index in [1.807, 2.05) is 30.3 Å². The van der Waals surface area contributed by atoms with Gasteiger partial charge in [0.15, 0.2) is 0 Å². The molecular weight excluding hydrogens is 178 g/mol. The molecule has 1 heterocycles. The first-order valence-electron chi connectivity index (χ1n) is 4.88. The second-order valence-electron chi connectivity index (χ2n) is 3.43. The van der Waals surface area contributed by atoms with Crippen molar-refractivity contribution in [2.24, 2.45) is 5.73 Å². The average Bonchev–Trinajstić information content (AvgIpc) is 2.18. The number of nitrogens with two attached hydrogens (primary N) is 1. The Kier molecular flexibility index (Phi) is 3.14. The fraction of sp³-hybridized carbons (Fsp3) is 0.455. The molecule has 1 aromatic carbocycles. The van der Waals surface area contributed by atoms with Gasteiger partial charge in [-0.1, -0.05) is 30.3 Å². The van der Waals surface area contributed by atoms with Gasteiger partial charge in [-0.25, -0.2) is 0 Å². The van der Waals surface area contributed by atoms with Crippen molar-refractivity contribution < 1.29 is 9.47 Å². The first kappa shape index (κ1) is 9.65. The quantitative estimate of drug-likeness (QED) is 0.778. The van der Waals surface area contributed by atoms with Crippen LogP contribution in [0.4, 0.5) is 0 Å². The molecule has 0 spiro atoms. The maximum absolute atomic E-state index is 5.77. The highest BCUT2D eigenvalue weighted by atomic mass is 16.6. The van der Waals surface area contributed by atoms with E-state index in [2.05, 4.69) is 0 Å². The lowest BCUT2D eigenvalue weighted by atomic mass is 10.1. The van der Waals surface area contributed by atoms with Crippen molar-refractivity contribution in [3.8, 4) is 0 Å². The molecule has 1 fully saturated rings. The van der Waals surface area contributed by atoms with Crippen LogP contribution in [0.1, 0.15) is 11.7 Å². The zero-order valence-electron chi connectivity index (χ0n) is 8.06. The molecule has 1 aromatic rings. The first-order valence-corrected chi connectivity index (χ1v) is 4.88. The van der Waals surface area contributed by atoms with Gasteiger partial charge in [-0.2, -0.15) is 0 Å². The second-order valence-corrected chi connectivity index (χ2v) is 3.43. The minimum atomic E-state index is 0.00472. The Morgan fingerprint density at radius 3 is 2.57 bits per heavy atom. The van der Waals surface area contributed by atoms with E-state index in [1.54, 1.807) is 0 Å². The van der Waals surface area contributed by atoms with Crippen molar-refractivity contribution in [3.63, 3.8) is 0 Å². The maximum atomic E-state index is 5.77. The average molecular weight is 193 g/mol. The second kappa shape index (κ2) is 4.55. The summed E-state index contributed by atoms with van der Waals surface area (Å²) < 4.78 is 10.8. The summed E-state index contributed by atoms with van der Waals surface area (Å²) in [7, 11) is 0. The summed E-state index contributed by atoms with van der Waals surface area (Å²) in [5, 5.41) is 0. The predicted octanol–water partition coefficient (Wildman–Crippen LogP) is 1.10. The molecule has 0 bridgehead atoms. The third-order valence-corrected chi connectivity index (χ3v) is 2.35. The van der Waals surface area contributed by atoms with Gasteiger partial charge < -0.3 is 15.2 Å². The van der Waals surface area contributed by atoms with Gasteiger partial charge in [0.25, 0.3) is 0 Å². The Morgan fingerprint density at radius 1 is 1.36 bits per heavy atom. The third-order valence-electron chi connectivity index (χ3n) is 2.35. The predicted molar refractivity (Wildman–Crippen MR) is 53.9 cm³/mol. The highest BCUT2D eigenvalue weighted by Crippen LogP contribution is 2.20. The Labute approximate surface area is 83.8 Å². The Morgan fingerprint density at radius 2 is 2.07 bits per heavy atom. The van der Waals surface area contributed by atoms with Crippen molar-refractivity contribution >= 4 is 0 Å². The van der Waals surface area contributed by atoms with E-state index in [0.29, 0.717) is 19.8 Å². The van der Waals surface area contributed by atoms with Gasteiger partial charge in [-0.05, 0) is 5.56 Å². The van der Waals surface area contributed by atoms with E-state index in [1.165, 1.54) is 0 Å². The van der Waals surface area contributed by atoms with Crippen molar-refractivity contribution in [1.82, 2.24) is 0 Å². The lowest BCUT2D eigenvalue weighted by molar-refractivity contribution is -0.153. The van der Waals surface area contributed by atoms with E-state index in [9.17, 15) is 0 Å². The zero-order valence-corrected chi connectivity index (χ0v) is 8.06. The Hall–Kier alpha value is -0.900. The van der Waals surface area contributed by atoms with Crippen LogP contribution >= 0.6 is 0 Å².